The highest BCUT2D eigenvalue weighted by Gasteiger charge is 2.38. The minimum Gasteiger partial charge on any atom is -0.467 e. The highest BCUT2D eigenvalue weighted by molar-refractivity contribution is 5.89. The molecule has 0 radical (unpaired) electrons. The molecule has 1 rings (SSSR count). The molecule has 8 heteroatoms. The van der Waals surface area contributed by atoms with Gasteiger partial charge in [-0.2, -0.15) is 0 Å². The van der Waals surface area contributed by atoms with Crippen LogP contribution in [0.4, 0.5) is 0 Å². The van der Waals surface area contributed by atoms with Gasteiger partial charge in [0, 0.05) is 4.91 Å². The number of hydrogen-bond acceptors (Lipinski definition) is 5. The molecule has 8 nitrogen and oxygen atoms in total. The zero-order valence-electron chi connectivity index (χ0n) is 8.04. The molecule has 0 aromatic heterocycles. The Labute approximate surface area is 85.2 Å². The number of carbonyl (C=O) groups excluding carboxylic acids is 2. The summed E-state index contributed by atoms with van der Waals surface area (Å²) >= 11 is 0. The molecule has 82 valence electrons. The molecule has 1 amide bonds. The standard InChI is InChI=1S/C7H10N4O4/c1-14-5(12)3-15-2-4-6(10-11-8)7(13)9-4/h4,6H,2-3H2,1H3,(H,9,13)/t4-,6+/m1/s1. The number of β-lactam (4-membered cyclic amide) rings is 1. The quantitative estimate of drug-likeness (QED) is 0.215. The van der Waals surface area contributed by atoms with Crippen LogP contribution in [0.1, 0.15) is 0 Å². The number of esters is 1. The van der Waals surface area contributed by atoms with Crippen LogP contribution in [0.15, 0.2) is 5.11 Å². The highest BCUT2D eigenvalue weighted by Crippen LogP contribution is 2.11. The van der Waals surface area contributed by atoms with Crippen LogP contribution in [0.25, 0.3) is 10.4 Å². The number of azide groups is 1. The monoisotopic (exact) mass is 214 g/mol. The molecule has 1 heterocycles. The van der Waals surface area contributed by atoms with E-state index in [0.717, 1.165) is 0 Å². The molecule has 1 aliphatic rings. The van der Waals surface area contributed by atoms with Crippen molar-refractivity contribution in [3.05, 3.63) is 10.4 Å². The minimum absolute atomic E-state index is 0.116. The molecular weight excluding hydrogens is 204 g/mol. The molecule has 1 aliphatic heterocycles. The van der Waals surface area contributed by atoms with Crippen LogP contribution in [-0.4, -0.2) is 44.3 Å². The van der Waals surface area contributed by atoms with E-state index >= 15 is 0 Å². The van der Waals surface area contributed by atoms with Crippen molar-refractivity contribution >= 4 is 11.9 Å². The fraction of sp³-hybridized carbons (Fsp3) is 0.714. The zero-order valence-corrected chi connectivity index (χ0v) is 8.04. The van der Waals surface area contributed by atoms with Gasteiger partial charge in [0.2, 0.25) is 5.91 Å². The molecule has 0 unspecified atom stereocenters. The van der Waals surface area contributed by atoms with Gasteiger partial charge in [-0.15, -0.1) is 0 Å². The Kier molecular flexibility index (Phi) is 3.90. The summed E-state index contributed by atoms with van der Waals surface area (Å²) in [6.07, 6.45) is 0. The zero-order chi connectivity index (χ0) is 11.3. The Morgan fingerprint density at radius 1 is 1.73 bits per heavy atom. The van der Waals surface area contributed by atoms with Crippen molar-refractivity contribution in [2.75, 3.05) is 20.3 Å². The van der Waals surface area contributed by atoms with Crippen LogP contribution >= 0.6 is 0 Å². The molecule has 1 fully saturated rings. The molecule has 0 aromatic carbocycles. The lowest BCUT2D eigenvalue weighted by Crippen LogP contribution is -2.63. The highest BCUT2D eigenvalue weighted by atomic mass is 16.6. The van der Waals surface area contributed by atoms with Crippen molar-refractivity contribution in [2.45, 2.75) is 12.1 Å². The van der Waals surface area contributed by atoms with Crippen molar-refractivity contribution < 1.29 is 19.1 Å². The molecular formula is C7H10N4O4. The van der Waals surface area contributed by atoms with Gasteiger partial charge in [0.15, 0.2) is 0 Å². The summed E-state index contributed by atoms with van der Waals surface area (Å²) < 4.78 is 9.29. The third kappa shape index (κ3) is 2.83. The average Bonchev–Trinajstić information content (AvgIpc) is 2.24. The summed E-state index contributed by atoms with van der Waals surface area (Å²) in [5.74, 6) is -0.833. The fourth-order valence-electron chi connectivity index (χ4n) is 1.08. The molecule has 1 N–H and O–H groups in total. The summed E-state index contributed by atoms with van der Waals surface area (Å²) in [5, 5.41) is 5.77. The van der Waals surface area contributed by atoms with Gasteiger partial charge in [0.05, 0.1) is 19.8 Å². The lowest BCUT2D eigenvalue weighted by Gasteiger charge is -2.32. The fourth-order valence-corrected chi connectivity index (χ4v) is 1.08. The number of carbonyl (C=O) groups is 2. The van der Waals surface area contributed by atoms with Crippen LogP contribution in [0, 0.1) is 0 Å². The van der Waals surface area contributed by atoms with E-state index in [1.807, 2.05) is 0 Å². The van der Waals surface area contributed by atoms with Crippen LogP contribution in [0.5, 0.6) is 0 Å². The SMILES string of the molecule is COC(=O)COC[C@H]1NC(=O)[C@H]1N=[N+]=[N-]. The third-order valence-corrected chi connectivity index (χ3v) is 1.90. The third-order valence-electron chi connectivity index (χ3n) is 1.90. The molecule has 15 heavy (non-hydrogen) atoms. The van der Waals surface area contributed by atoms with Crippen LogP contribution in [0.3, 0.4) is 0 Å². The predicted molar refractivity (Wildman–Crippen MR) is 47.7 cm³/mol. The van der Waals surface area contributed by atoms with E-state index in [0.29, 0.717) is 0 Å². The first-order valence-corrected chi connectivity index (χ1v) is 4.18. The van der Waals surface area contributed by atoms with Crippen molar-refractivity contribution in [3.63, 3.8) is 0 Å². The first kappa shape index (κ1) is 11.3. The van der Waals surface area contributed by atoms with E-state index in [1.54, 1.807) is 0 Å². The minimum atomic E-state index is -0.743. The van der Waals surface area contributed by atoms with Gasteiger partial charge < -0.3 is 14.8 Å². The summed E-state index contributed by atoms with van der Waals surface area (Å²) in [6, 6.07) is -1.11. The Balaban J connectivity index is 2.25. The number of nitrogens with zero attached hydrogens (tertiary/aromatic N) is 3. The van der Waals surface area contributed by atoms with E-state index in [1.165, 1.54) is 7.11 Å². The second kappa shape index (κ2) is 5.18. The number of hydrogen-bond donors (Lipinski definition) is 1. The maximum atomic E-state index is 10.9. The van der Waals surface area contributed by atoms with Crippen molar-refractivity contribution in [2.24, 2.45) is 5.11 Å². The largest absolute Gasteiger partial charge is 0.467 e. The number of methoxy groups -OCH3 is 1. The van der Waals surface area contributed by atoms with Crippen molar-refractivity contribution in [1.82, 2.24) is 5.32 Å². The van der Waals surface area contributed by atoms with E-state index in [2.05, 4.69) is 20.1 Å². The van der Waals surface area contributed by atoms with Gasteiger partial charge in [-0.25, -0.2) is 4.79 Å². The van der Waals surface area contributed by atoms with Crippen molar-refractivity contribution in [3.8, 4) is 0 Å². The molecule has 2 atom stereocenters. The lowest BCUT2D eigenvalue weighted by molar-refractivity contribution is -0.146. The second-order valence-corrected chi connectivity index (χ2v) is 2.86. The van der Waals surface area contributed by atoms with Gasteiger partial charge in [0.25, 0.3) is 0 Å². The maximum absolute atomic E-state index is 10.9. The number of nitrogens with one attached hydrogen (secondary N) is 1. The molecule has 0 bridgehead atoms. The average molecular weight is 214 g/mol. The normalized spacial score (nSPS) is 23.4. The van der Waals surface area contributed by atoms with Gasteiger partial charge in [-0.1, -0.05) is 5.11 Å². The lowest BCUT2D eigenvalue weighted by atomic mass is 10.0. The summed E-state index contributed by atoms with van der Waals surface area (Å²) in [7, 11) is 1.25. The topological polar surface area (TPSA) is 113 Å². The summed E-state index contributed by atoms with van der Waals surface area (Å²) in [5.41, 5.74) is 8.15. The summed E-state index contributed by atoms with van der Waals surface area (Å²) in [4.78, 5) is 24.1. The number of ether oxygens (including phenoxy) is 2. The van der Waals surface area contributed by atoms with E-state index in [4.69, 9.17) is 10.3 Å². The van der Waals surface area contributed by atoms with Gasteiger partial charge >= 0.3 is 5.97 Å². The Hall–Kier alpha value is -1.79. The van der Waals surface area contributed by atoms with E-state index < -0.39 is 12.0 Å². The predicted octanol–water partition coefficient (Wildman–Crippen LogP) is -0.647. The summed E-state index contributed by atoms with van der Waals surface area (Å²) in [6.45, 7) is -0.0730. The van der Waals surface area contributed by atoms with Crippen LogP contribution in [-0.2, 0) is 19.1 Å². The van der Waals surface area contributed by atoms with E-state index in [9.17, 15) is 9.59 Å². The maximum Gasteiger partial charge on any atom is 0.331 e. The van der Waals surface area contributed by atoms with Crippen LogP contribution in [0.2, 0.25) is 0 Å². The Bertz CT molecular complexity index is 310. The Morgan fingerprint density at radius 3 is 3.00 bits per heavy atom. The number of amides is 1. The molecule has 1 saturated heterocycles. The smallest absolute Gasteiger partial charge is 0.331 e. The molecule has 0 saturated carbocycles. The molecule has 0 aromatic rings. The van der Waals surface area contributed by atoms with E-state index in [-0.39, 0.29) is 25.2 Å². The first-order chi connectivity index (χ1) is 7.19. The molecule has 0 spiro atoms. The Morgan fingerprint density at radius 2 is 2.47 bits per heavy atom. The first-order valence-electron chi connectivity index (χ1n) is 4.18. The van der Waals surface area contributed by atoms with Crippen molar-refractivity contribution in [1.29, 1.82) is 0 Å². The second-order valence-electron chi connectivity index (χ2n) is 2.86. The van der Waals surface area contributed by atoms with Crippen LogP contribution < -0.4 is 5.32 Å². The van der Waals surface area contributed by atoms with Gasteiger partial charge in [0.1, 0.15) is 12.6 Å². The number of rotatable bonds is 5. The van der Waals surface area contributed by atoms with Gasteiger partial charge in [-0.05, 0) is 5.53 Å². The van der Waals surface area contributed by atoms with Gasteiger partial charge in [-0.3, -0.25) is 4.79 Å². The molecule has 0 aliphatic carbocycles.